The lowest BCUT2D eigenvalue weighted by Gasteiger charge is -2.37. The second-order valence-corrected chi connectivity index (χ2v) is 7.06. The van der Waals surface area contributed by atoms with E-state index >= 15 is 0 Å². The summed E-state index contributed by atoms with van der Waals surface area (Å²) >= 11 is 0. The smallest absolute Gasteiger partial charge is 0.228 e. The highest BCUT2D eigenvalue weighted by Crippen LogP contribution is 2.46. The first-order chi connectivity index (χ1) is 10.3. The molecule has 1 aromatic carbocycles. The Morgan fingerprint density at radius 1 is 1.23 bits per heavy atom. The first kappa shape index (κ1) is 15.8. The summed E-state index contributed by atoms with van der Waals surface area (Å²) in [6.45, 7) is 1.91. The van der Waals surface area contributed by atoms with E-state index in [1.807, 2.05) is 0 Å². The monoisotopic (exact) mass is 320 g/mol. The summed E-state index contributed by atoms with van der Waals surface area (Å²) in [6, 6.07) is 10.9. The molecule has 1 aliphatic heterocycles. The Balaban J connectivity index is 0.00000144. The average Bonchev–Trinajstić information content (AvgIpc) is 3.14. The van der Waals surface area contributed by atoms with Crippen LogP contribution in [0.2, 0.25) is 0 Å². The zero-order chi connectivity index (χ0) is 14.3. The van der Waals surface area contributed by atoms with Crippen molar-refractivity contribution >= 4 is 18.3 Å². The normalized spacial score (nSPS) is 36.1. The predicted octanol–water partition coefficient (Wildman–Crippen LogP) is 2.86. The molecule has 4 rings (SSSR count). The number of rotatable bonds is 3. The Labute approximate surface area is 138 Å². The standard InChI is InChI=1S/C18H24N2O.ClH/c21-17(18-9-5-4-8-14(18)11-19-12-18)20-16-10-15(16)13-6-2-1-3-7-13;/h1-3,6-7,14-16,19H,4-5,8-12H2,(H,20,21);1H/t14-,15?,16?,18+;/m0./s1. The largest absolute Gasteiger partial charge is 0.352 e. The molecule has 2 saturated carbocycles. The summed E-state index contributed by atoms with van der Waals surface area (Å²) in [5.74, 6) is 1.41. The lowest BCUT2D eigenvalue weighted by Crippen LogP contribution is -2.48. The van der Waals surface area contributed by atoms with Crippen LogP contribution in [0.1, 0.15) is 43.6 Å². The van der Waals surface area contributed by atoms with Crippen molar-refractivity contribution in [2.24, 2.45) is 11.3 Å². The van der Waals surface area contributed by atoms with E-state index in [1.165, 1.54) is 24.8 Å². The summed E-state index contributed by atoms with van der Waals surface area (Å²) < 4.78 is 0. The maximum absolute atomic E-state index is 12.9. The van der Waals surface area contributed by atoms with Gasteiger partial charge in [0.05, 0.1) is 5.41 Å². The summed E-state index contributed by atoms with van der Waals surface area (Å²) in [6.07, 6.45) is 5.88. The topological polar surface area (TPSA) is 41.1 Å². The third kappa shape index (κ3) is 2.65. The zero-order valence-electron chi connectivity index (χ0n) is 12.9. The molecule has 1 heterocycles. The molecular weight excluding hydrogens is 296 g/mol. The van der Waals surface area contributed by atoms with E-state index < -0.39 is 0 Å². The van der Waals surface area contributed by atoms with Gasteiger partial charge in [-0.1, -0.05) is 43.2 Å². The summed E-state index contributed by atoms with van der Waals surface area (Å²) in [5.41, 5.74) is 1.26. The molecular formula is C18H25ClN2O. The molecule has 120 valence electrons. The van der Waals surface area contributed by atoms with Crippen LogP contribution in [0.25, 0.3) is 0 Å². The SMILES string of the molecule is Cl.O=C(NC1CC1c1ccccc1)[C@@]12CCCC[C@H]1CNC2. The quantitative estimate of drug-likeness (QED) is 0.899. The second-order valence-electron chi connectivity index (χ2n) is 7.06. The first-order valence-corrected chi connectivity index (χ1v) is 8.36. The van der Waals surface area contributed by atoms with E-state index in [1.54, 1.807) is 0 Å². The molecule has 4 heteroatoms. The van der Waals surface area contributed by atoms with Gasteiger partial charge in [0.25, 0.3) is 0 Å². The highest BCUT2D eigenvalue weighted by molar-refractivity contribution is 5.85. The Bertz CT molecular complexity index is 535. The van der Waals surface area contributed by atoms with Gasteiger partial charge in [-0.05, 0) is 37.3 Å². The molecule has 1 aromatic rings. The summed E-state index contributed by atoms with van der Waals surface area (Å²) in [7, 11) is 0. The Morgan fingerprint density at radius 2 is 2.05 bits per heavy atom. The molecule has 3 aliphatic rings. The van der Waals surface area contributed by atoms with Gasteiger partial charge in [-0.3, -0.25) is 4.79 Å². The molecule has 0 radical (unpaired) electrons. The number of carbonyl (C=O) groups excluding carboxylic acids is 1. The van der Waals surface area contributed by atoms with Gasteiger partial charge in [-0.25, -0.2) is 0 Å². The van der Waals surface area contributed by atoms with Crippen molar-refractivity contribution in [3.8, 4) is 0 Å². The van der Waals surface area contributed by atoms with Gasteiger partial charge in [-0.2, -0.15) is 0 Å². The van der Waals surface area contributed by atoms with Crippen molar-refractivity contribution in [1.82, 2.24) is 10.6 Å². The molecule has 2 aliphatic carbocycles. The molecule has 0 aromatic heterocycles. The average molecular weight is 321 g/mol. The maximum Gasteiger partial charge on any atom is 0.228 e. The number of fused-ring (bicyclic) bond motifs is 1. The van der Waals surface area contributed by atoms with E-state index in [4.69, 9.17) is 0 Å². The fourth-order valence-electron chi connectivity index (χ4n) is 4.43. The number of benzene rings is 1. The van der Waals surface area contributed by atoms with Gasteiger partial charge in [0.15, 0.2) is 0 Å². The number of amides is 1. The fourth-order valence-corrected chi connectivity index (χ4v) is 4.43. The van der Waals surface area contributed by atoms with Gasteiger partial charge in [0, 0.05) is 18.5 Å². The lowest BCUT2D eigenvalue weighted by molar-refractivity contribution is -0.134. The number of carbonyl (C=O) groups is 1. The molecule has 3 fully saturated rings. The Hall–Kier alpha value is -1.06. The van der Waals surface area contributed by atoms with E-state index in [0.29, 0.717) is 23.8 Å². The van der Waals surface area contributed by atoms with Crippen LogP contribution < -0.4 is 10.6 Å². The van der Waals surface area contributed by atoms with Gasteiger partial charge >= 0.3 is 0 Å². The highest BCUT2D eigenvalue weighted by atomic mass is 35.5. The third-order valence-corrected chi connectivity index (χ3v) is 5.83. The van der Waals surface area contributed by atoms with Crippen LogP contribution in [0.3, 0.4) is 0 Å². The van der Waals surface area contributed by atoms with Gasteiger partial charge in [0.2, 0.25) is 5.91 Å². The number of halogens is 1. The van der Waals surface area contributed by atoms with Crippen molar-refractivity contribution in [1.29, 1.82) is 0 Å². The molecule has 2 N–H and O–H groups in total. The number of nitrogens with one attached hydrogen (secondary N) is 2. The summed E-state index contributed by atoms with van der Waals surface area (Å²) in [5, 5.41) is 6.82. The minimum atomic E-state index is -0.109. The van der Waals surface area contributed by atoms with Gasteiger partial charge < -0.3 is 10.6 Å². The van der Waals surface area contributed by atoms with E-state index in [2.05, 4.69) is 41.0 Å². The number of hydrogen-bond acceptors (Lipinski definition) is 2. The summed E-state index contributed by atoms with van der Waals surface area (Å²) in [4.78, 5) is 12.9. The molecule has 3 nitrogen and oxygen atoms in total. The zero-order valence-corrected chi connectivity index (χ0v) is 13.7. The van der Waals surface area contributed by atoms with Crippen molar-refractivity contribution in [2.45, 2.75) is 44.1 Å². The van der Waals surface area contributed by atoms with Crippen LogP contribution in [0.5, 0.6) is 0 Å². The van der Waals surface area contributed by atoms with Crippen LogP contribution in [-0.4, -0.2) is 25.0 Å². The molecule has 1 saturated heterocycles. The maximum atomic E-state index is 12.9. The van der Waals surface area contributed by atoms with Crippen LogP contribution in [-0.2, 0) is 4.79 Å². The number of hydrogen-bond donors (Lipinski definition) is 2. The molecule has 1 amide bonds. The van der Waals surface area contributed by atoms with Gasteiger partial charge in [0.1, 0.15) is 0 Å². The first-order valence-electron chi connectivity index (χ1n) is 8.36. The fraction of sp³-hybridized carbons (Fsp3) is 0.611. The predicted molar refractivity (Wildman–Crippen MR) is 90.2 cm³/mol. The van der Waals surface area contributed by atoms with E-state index in [-0.39, 0.29) is 17.8 Å². The Kier molecular flexibility index (Phi) is 4.47. The van der Waals surface area contributed by atoms with Gasteiger partial charge in [-0.15, -0.1) is 12.4 Å². The van der Waals surface area contributed by atoms with E-state index in [9.17, 15) is 4.79 Å². The van der Waals surface area contributed by atoms with Crippen molar-refractivity contribution in [2.75, 3.05) is 13.1 Å². The lowest BCUT2D eigenvalue weighted by atomic mass is 9.67. The third-order valence-electron chi connectivity index (χ3n) is 5.83. The molecule has 2 unspecified atom stereocenters. The molecule has 22 heavy (non-hydrogen) atoms. The molecule has 0 bridgehead atoms. The minimum Gasteiger partial charge on any atom is -0.352 e. The molecule has 4 atom stereocenters. The van der Waals surface area contributed by atoms with Crippen molar-refractivity contribution in [3.63, 3.8) is 0 Å². The van der Waals surface area contributed by atoms with Crippen molar-refractivity contribution < 1.29 is 4.79 Å². The van der Waals surface area contributed by atoms with Crippen LogP contribution in [0.15, 0.2) is 30.3 Å². The van der Waals surface area contributed by atoms with E-state index in [0.717, 1.165) is 25.9 Å². The molecule has 0 spiro atoms. The van der Waals surface area contributed by atoms with Crippen LogP contribution in [0.4, 0.5) is 0 Å². The van der Waals surface area contributed by atoms with Crippen LogP contribution in [0, 0.1) is 11.3 Å². The minimum absolute atomic E-state index is 0. The van der Waals surface area contributed by atoms with Crippen LogP contribution >= 0.6 is 12.4 Å². The Morgan fingerprint density at radius 3 is 2.86 bits per heavy atom. The van der Waals surface area contributed by atoms with Crippen molar-refractivity contribution in [3.05, 3.63) is 35.9 Å². The highest BCUT2D eigenvalue weighted by Gasteiger charge is 2.52. The second kappa shape index (κ2) is 6.21.